The van der Waals surface area contributed by atoms with E-state index in [1.54, 1.807) is 12.1 Å². The predicted molar refractivity (Wildman–Crippen MR) is 131 cm³/mol. The molecule has 0 bridgehead atoms. The molecule has 5 nitrogen and oxygen atoms in total. The van der Waals surface area contributed by atoms with E-state index in [9.17, 15) is 8.42 Å². The van der Waals surface area contributed by atoms with Crippen LogP contribution < -0.4 is 0 Å². The number of hydrogen-bond acceptors (Lipinski definition) is 4. The van der Waals surface area contributed by atoms with Crippen molar-refractivity contribution in [3.05, 3.63) is 102 Å². The fourth-order valence-corrected chi connectivity index (χ4v) is 5.03. The number of ether oxygens (including phenoxy) is 2. The molecule has 0 fully saturated rings. The first-order valence-corrected chi connectivity index (χ1v) is 12.7. The lowest BCUT2D eigenvalue weighted by molar-refractivity contribution is 0.0163. The van der Waals surface area contributed by atoms with E-state index in [4.69, 9.17) is 9.47 Å². The molecule has 33 heavy (non-hydrogen) atoms. The van der Waals surface area contributed by atoms with E-state index in [2.05, 4.69) is 0 Å². The van der Waals surface area contributed by atoms with E-state index in [0.29, 0.717) is 13.2 Å². The number of rotatable bonds is 12. The van der Waals surface area contributed by atoms with Gasteiger partial charge in [0.25, 0.3) is 0 Å². The fourth-order valence-electron chi connectivity index (χ4n) is 3.43. The molecule has 0 heterocycles. The van der Waals surface area contributed by atoms with E-state index < -0.39 is 10.0 Å². The maximum absolute atomic E-state index is 13.5. The zero-order chi connectivity index (χ0) is 23.7. The molecule has 0 unspecified atom stereocenters. The van der Waals surface area contributed by atoms with Crippen LogP contribution in [-0.2, 0) is 32.7 Å². The van der Waals surface area contributed by atoms with Crippen LogP contribution in [0.2, 0.25) is 0 Å². The van der Waals surface area contributed by atoms with Crippen LogP contribution in [0, 0.1) is 6.92 Å². The standard InChI is InChI=1S/C27H33NO4S/c1-22-14-16-27(17-15-22)33(29,30)28(18-23(2)31-20-25-10-6-4-7-11-25)19-24(3)32-21-26-12-8-5-9-13-26/h4-17,23-24H,18-21H2,1-3H3/t23-,24-/m0/s1. The van der Waals surface area contributed by atoms with Crippen molar-refractivity contribution in [3.63, 3.8) is 0 Å². The van der Waals surface area contributed by atoms with Crippen LogP contribution in [0.5, 0.6) is 0 Å². The lowest BCUT2D eigenvalue weighted by Gasteiger charge is -2.28. The molecular formula is C27H33NO4S. The smallest absolute Gasteiger partial charge is 0.243 e. The number of benzene rings is 3. The molecular weight excluding hydrogens is 434 g/mol. The second kappa shape index (κ2) is 12.1. The summed E-state index contributed by atoms with van der Waals surface area (Å²) in [4.78, 5) is 0.276. The van der Waals surface area contributed by atoms with E-state index in [1.807, 2.05) is 93.6 Å². The van der Waals surface area contributed by atoms with Crippen LogP contribution in [0.15, 0.2) is 89.8 Å². The van der Waals surface area contributed by atoms with Gasteiger partial charge in [0.1, 0.15) is 0 Å². The van der Waals surface area contributed by atoms with Gasteiger partial charge >= 0.3 is 0 Å². The molecule has 6 heteroatoms. The van der Waals surface area contributed by atoms with Crippen molar-refractivity contribution in [2.45, 2.75) is 51.1 Å². The zero-order valence-corrected chi connectivity index (χ0v) is 20.4. The molecule has 0 radical (unpaired) electrons. The Morgan fingerprint density at radius 1 is 0.697 bits per heavy atom. The second-order valence-electron chi connectivity index (χ2n) is 8.35. The Kier molecular flexibility index (Phi) is 9.21. The van der Waals surface area contributed by atoms with Gasteiger partial charge in [-0.25, -0.2) is 8.42 Å². The van der Waals surface area contributed by atoms with E-state index in [-0.39, 0.29) is 30.2 Å². The van der Waals surface area contributed by atoms with Crippen molar-refractivity contribution in [2.24, 2.45) is 0 Å². The zero-order valence-electron chi connectivity index (χ0n) is 19.6. The van der Waals surface area contributed by atoms with E-state index in [1.165, 1.54) is 4.31 Å². The summed E-state index contributed by atoms with van der Waals surface area (Å²) in [5.41, 5.74) is 3.12. The molecule has 0 saturated carbocycles. The molecule has 176 valence electrons. The molecule has 0 aliphatic rings. The van der Waals surface area contributed by atoms with Gasteiger partial charge in [0, 0.05) is 13.1 Å². The average Bonchev–Trinajstić information content (AvgIpc) is 2.82. The Balaban J connectivity index is 1.69. The van der Waals surface area contributed by atoms with Crippen LogP contribution in [0.3, 0.4) is 0 Å². The summed E-state index contributed by atoms with van der Waals surface area (Å²) in [6.07, 6.45) is -0.571. The minimum atomic E-state index is -3.70. The summed E-state index contributed by atoms with van der Waals surface area (Å²) in [7, 11) is -3.70. The Bertz CT molecular complexity index is 1020. The summed E-state index contributed by atoms with van der Waals surface area (Å²) in [5.74, 6) is 0. The molecule has 3 aromatic rings. The van der Waals surface area contributed by atoms with E-state index in [0.717, 1.165) is 16.7 Å². The minimum Gasteiger partial charge on any atom is -0.372 e. The highest BCUT2D eigenvalue weighted by Crippen LogP contribution is 2.19. The third-order valence-electron chi connectivity index (χ3n) is 5.33. The van der Waals surface area contributed by atoms with Gasteiger partial charge in [-0.15, -0.1) is 0 Å². The Hall–Kier alpha value is -2.51. The van der Waals surface area contributed by atoms with Gasteiger partial charge in [-0.2, -0.15) is 4.31 Å². The minimum absolute atomic E-state index is 0.238. The van der Waals surface area contributed by atoms with Gasteiger partial charge in [0.2, 0.25) is 10.0 Å². The predicted octanol–water partition coefficient (Wildman–Crippen LogP) is 5.20. The molecule has 3 rings (SSSR count). The first kappa shape index (κ1) is 25.1. The van der Waals surface area contributed by atoms with E-state index >= 15 is 0 Å². The highest BCUT2D eigenvalue weighted by molar-refractivity contribution is 7.89. The molecule has 0 aliphatic heterocycles. The van der Waals surface area contributed by atoms with Gasteiger partial charge in [-0.1, -0.05) is 78.4 Å². The Morgan fingerprint density at radius 3 is 1.55 bits per heavy atom. The molecule has 0 aromatic heterocycles. The lowest BCUT2D eigenvalue weighted by atomic mass is 10.2. The van der Waals surface area contributed by atoms with Gasteiger partial charge in [0.05, 0.1) is 30.3 Å². The SMILES string of the molecule is Cc1ccc(S(=O)(=O)N(C[C@H](C)OCc2ccccc2)C[C@H](C)OCc2ccccc2)cc1. The largest absolute Gasteiger partial charge is 0.372 e. The lowest BCUT2D eigenvalue weighted by Crippen LogP contribution is -2.42. The van der Waals surface area contributed by atoms with Crippen molar-refractivity contribution in [1.82, 2.24) is 4.31 Å². The highest BCUT2D eigenvalue weighted by Gasteiger charge is 2.28. The quantitative estimate of drug-likeness (QED) is 0.368. The molecule has 2 atom stereocenters. The molecule has 3 aromatic carbocycles. The van der Waals surface area contributed by atoms with Crippen LogP contribution >= 0.6 is 0 Å². The second-order valence-corrected chi connectivity index (χ2v) is 10.3. The number of aryl methyl sites for hydroxylation is 1. The van der Waals surface area contributed by atoms with Crippen LogP contribution in [0.1, 0.15) is 30.5 Å². The van der Waals surface area contributed by atoms with Gasteiger partial charge < -0.3 is 9.47 Å². The molecule has 0 saturated heterocycles. The number of hydrogen-bond donors (Lipinski definition) is 0. The topological polar surface area (TPSA) is 55.8 Å². The first-order valence-electron chi connectivity index (χ1n) is 11.2. The van der Waals surface area contributed by atoms with Crippen molar-refractivity contribution in [2.75, 3.05) is 13.1 Å². The molecule has 0 spiro atoms. The number of nitrogens with zero attached hydrogens (tertiary/aromatic N) is 1. The molecule has 0 amide bonds. The van der Waals surface area contributed by atoms with Crippen LogP contribution in [0.4, 0.5) is 0 Å². The normalized spacial score (nSPS) is 13.7. The highest BCUT2D eigenvalue weighted by atomic mass is 32.2. The van der Waals surface area contributed by atoms with Crippen LogP contribution in [-0.4, -0.2) is 38.0 Å². The summed E-state index contributed by atoms with van der Waals surface area (Å²) < 4.78 is 40.4. The average molecular weight is 468 g/mol. The van der Waals surface area contributed by atoms with Crippen molar-refractivity contribution < 1.29 is 17.9 Å². The summed E-state index contributed by atoms with van der Waals surface area (Å²) in [6, 6.07) is 26.7. The van der Waals surface area contributed by atoms with Crippen LogP contribution in [0.25, 0.3) is 0 Å². The van der Waals surface area contributed by atoms with Crippen molar-refractivity contribution >= 4 is 10.0 Å². The Labute approximate surface area is 198 Å². The monoisotopic (exact) mass is 467 g/mol. The maximum Gasteiger partial charge on any atom is 0.243 e. The van der Waals surface area contributed by atoms with Crippen molar-refractivity contribution in [1.29, 1.82) is 0 Å². The summed E-state index contributed by atoms with van der Waals surface area (Å²) in [5, 5.41) is 0. The van der Waals surface area contributed by atoms with Gasteiger partial charge in [0.15, 0.2) is 0 Å². The molecule has 0 aliphatic carbocycles. The Morgan fingerprint density at radius 2 is 1.12 bits per heavy atom. The summed E-state index contributed by atoms with van der Waals surface area (Å²) >= 11 is 0. The number of sulfonamides is 1. The first-order chi connectivity index (χ1) is 15.8. The fraction of sp³-hybridized carbons (Fsp3) is 0.333. The van der Waals surface area contributed by atoms with Gasteiger partial charge in [-0.05, 0) is 44.0 Å². The van der Waals surface area contributed by atoms with Gasteiger partial charge in [-0.3, -0.25) is 0 Å². The third-order valence-corrected chi connectivity index (χ3v) is 7.18. The maximum atomic E-state index is 13.5. The van der Waals surface area contributed by atoms with Crippen molar-refractivity contribution in [3.8, 4) is 0 Å². The summed E-state index contributed by atoms with van der Waals surface area (Å²) in [6.45, 7) is 7.07. The molecule has 0 N–H and O–H groups in total. The third kappa shape index (κ3) is 7.79.